The Bertz CT molecular complexity index is 907. The van der Waals surface area contributed by atoms with Crippen molar-refractivity contribution in [2.75, 3.05) is 33.4 Å². The van der Waals surface area contributed by atoms with E-state index in [4.69, 9.17) is 4.74 Å². The summed E-state index contributed by atoms with van der Waals surface area (Å²) in [5, 5.41) is 5.78. The van der Waals surface area contributed by atoms with Crippen LogP contribution in [-0.4, -0.2) is 62.0 Å². The Morgan fingerprint density at radius 2 is 1.66 bits per heavy atom. The molecule has 3 rings (SSSR count). The molecule has 170 valence electrons. The molecule has 1 saturated heterocycles. The number of nitrogens with zero attached hydrogens (tertiary/aromatic N) is 1. The summed E-state index contributed by atoms with van der Waals surface area (Å²) < 4.78 is 5.02. The monoisotopic (exact) mass is 437 g/mol. The van der Waals surface area contributed by atoms with Gasteiger partial charge in [-0.05, 0) is 49.9 Å². The highest BCUT2D eigenvalue weighted by atomic mass is 16.5. The molecule has 0 unspecified atom stereocenters. The van der Waals surface area contributed by atoms with E-state index >= 15 is 0 Å². The van der Waals surface area contributed by atoms with Gasteiger partial charge in [0.05, 0.1) is 6.61 Å². The van der Waals surface area contributed by atoms with Crippen LogP contribution in [0, 0.1) is 12.8 Å². The number of benzene rings is 2. The highest BCUT2D eigenvalue weighted by molar-refractivity contribution is 5.97. The van der Waals surface area contributed by atoms with E-state index in [0.717, 1.165) is 5.56 Å². The Kier molecular flexibility index (Phi) is 8.39. The molecule has 7 nitrogen and oxygen atoms in total. The summed E-state index contributed by atoms with van der Waals surface area (Å²) in [5.74, 6) is -0.573. The van der Waals surface area contributed by atoms with Crippen molar-refractivity contribution in [2.24, 2.45) is 5.92 Å². The highest BCUT2D eigenvalue weighted by Gasteiger charge is 2.34. The van der Waals surface area contributed by atoms with Gasteiger partial charge in [0.15, 0.2) is 0 Å². The maximum atomic E-state index is 12.9. The van der Waals surface area contributed by atoms with E-state index < -0.39 is 6.04 Å². The first kappa shape index (κ1) is 23.5. The summed E-state index contributed by atoms with van der Waals surface area (Å²) in [6.07, 6.45) is 1.27. The molecule has 0 aliphatic carbocycles. The van der Waals surface area contributed by atoms with Crippen molar-refractivity contribution in [1.82, 2.24) is 15.5 Å². The molecule has 0 spiro atoms. The molecular weight excluding hydrogens is 406 g/mol. The topological polar surface area (TPSA) is 87.7 Å². The minimum atomic E-state index is -0.672. The van der Waals surface area contributed by atoms with E-state index in [1.165, 1.54) is 0 Å². The summed E-state index contributed by atoms with van der Waals surface area (Å²) in [6.45, 7) is 3.81. The molecule has 7 heteroatoms. The van der Waals surface area contributed by atoms with E-state index in [9.17, 15) is 14.4 Å². The van der Waals surface area contributed by atoms with Crippen LogP contribution in [0.3, 0.4) is 0 Å². The van der Waals surface area contributed by atoms with Crippen molar-refractivity contribution >= 4 is 17.7 Å². The Hall–Kier alpha value is -3.19. The number of amides is 3. The number of nitrogens with one attached hydrogen (secondary N) is 2. The lowest BCUT2D eigenvalue weighted by Gasteiger charge is -2.36. The molecule has 1 heterocycles. The largest absolute Gasteiger partial charge is 0.383 e. The van der Waals surface area contributed by atoms with Crippen LogP contribution >= 0.6 is 0 Å². The molecule has 0 aromatic heterocycles. The van der Waals surface area contributed by atoms with Crippen LogP contribution in [-0.2, 0) is 9.53 Å². The first-order chi connectivity index (χ1) is 15.5. The number of rotatable bonds is 8. The number of likely N-dealkylation sites (tertiary alicyclic amines) is 1. The number of piperidine rings is 1. The number of carbonyl (C=O) groups excluding carboxylic acids is 3. The van der Waals surface area contributed by atoms with Crippen LogP contribution in [0.5, 0.6) is 0 Å². The average molecular weight is 438 g/mol. The Morgan fingerprint density at radius 3 is 2.28 bits per heavy atom. The molecule has 1 atom stereocenters. The highest BCUT2D eigenvalue weighted by Crippen LogP contribution is 2.23. The van der Waals surface area contributed by atoms with Crippen LogP contribution in [0.1, 0.15) is 39.1 Å². The second kappa shape index (κ2) is 11.4. The molecule has 3 amide bonds. The maximum Gasteiger partial charge on any atom is 0.253 e. The molecule has 2 aromatic rings. The van der Waals surface area contributed by atoms with Crippen molar-refractivity contribution in [3.63, 3.8) is 0 Å². The molecule has 0 radical (unpaired) electrons. The van der Waals surface area contributed by atoms with Gasteiger partial charge in [-0.1, -0.05) is 35.9 Å². The standard InChI is InChI=1S/C25H31N3O4/c1-18-8-10-20(11-9-18)23(29)27-22(24(30)26-14-17-32-2)19-12-15-28(16-13-19)25(31)21-6-4-3-5-7-21/h3-11,19,22H,12-17H2,1-2H3,(H,26,30)(H,27,29)/t22-/m0/s1. The third-order valence-corrected chi connectivity index (χ3v) is 5.81. The Balaban J connectivity index is 1.66. The zero-order valence-corrected chi connectivity index (χ0v) is 18.7. The minimum Gasteiger partial charge on any atom is -0.383 e. The van der Waals surface area contributed by atoms with E-state index in [2.05, 4.69) is 10.6 Å². The molecule has 2 N–H and O–H groups in total. The van der Waals surface area contributed by atoms with Crippen molar-refractivity contribution in [2.45, 2.75) is 25.8 Å². The lowest BCUT2D eigenvalue weighted by atomic mass is 9.88. The van der Waals surface area contributed by atoms with E-state index in [0.29, 0.717) is 50.2 Å². The van der Waals surface area contributed by atoms with Crippen molar-refractivity contribution in [3.8, 4) is 0 Å². The summed E-state index contributed by atoms with van der Waals surface area (Å²) in [7, 11) is 1.57. The fraction of sp³-hybridized carbons (Fsp3) is 0.400. The zero-order chi connectivity index (χ0) is 22.9. The number of hydrogen-bond donors (Lipinski definition) is 2. The lowest BCUT2D eigenvalue weighted by molar-refractivity contribution is -0.124. The Labute approximate surface area is 189 Å². The molecule has 1 aliphatic rings. The van der Waals surface area contributed by atoms with Crippen molar-refractivity contribution in [1.29, 1.82) is 0 Å². The normalized spacial score (nSPS) is 15.1. The number of methoxy groups -OCH3 is 1. The van der Waals surface area contributed by atoms with Gasteiger partial charge in [0.2, 0.25) is 5.91 Å². The van der Waals surface area contributed by atoms with Gasteiger partial charge in [0.1, 0.15) is 6.04 Å². The summed E-state index contributed by atoms with van der Waals surface area (Å²) in [6, 6.07) is 15.8. The summed E-state index contributed by atoms with van der Waals surface area (Å²) in [4.78, 5) is 40.3. The van der Waals surface area contributed by atoms with E-state index in [-0.39, 0.29) is 23.6 Å². The quantitative estimate of drug-likeness (QED) is 0.621. The smallest absolute Gasteiger partial charge is 0.253 e. The molecular formula is C25H31N3O4. The minimum absolute atomic E-state index is 0.00571. The first-order valence-electron chi connectivity index (χ1n) is 11.0. The predicted octanol–water partition coefficient (Wildman–Crippen LogP) is 2.41. The number of ether oxygens (including phenoxy) is 1. The van der Waals surface area contributed by atoms with E-state index in [1.54, 1.807) is 19.2 Å². The van der Waals surface area contributed by atoms with Gasteiger partial charge in [-0.25, -0.2) is 0 Å². The van der Waals surface area contributed by atoms with Gasteiger partial charge in [0, 0.05) is 37.9 Å². The predicted molar refractivity (Wildman–Crippen MR) is 122 cm³/mol. The summed E-state index contributed by atoms with van der Waals surface area (Å²) in [5.41, 5.74) is 2.24. The fourth-order valence-electron chi connectivity index (χ4n) is 3.91. The summed E-state index contributed by atoms with van der Waals surface area (Å²) >= 11 is 0. The van der Waals surface area contributed by atoms with Gasteiger partial charge in [-0.3, -0.25) is 14.4 Å². The van der Waals surface area contributed by atoms with Gasteiger partial charge in [-0.15, -0.1) is 0 Å². The number of hydrogen-bond acceptors (Lipinski definition) is 4. The Morgan fingerprint density at radius 1 is 1.00 bits per heavy atom. The second-order valence-corrected chi connectivity index (χ2v) is 8.10. The van der Waals surface area contributed by atoms with Crippen LogP contribution < -0.4 is 10.6 Å². The third-order valence-electron chi connectivity index (χ3n) is 5.81. The molecule has 1 fully saturated rings. The fourth-order valence-corrected chi connectivity index (χ4v) is 3.91. The van der Waals surface area contributed by atoms with Crippen LogP contribution in [0.2, 0.25) is 0 Å². The molecule has 32 heavy (non-hydrogen) atoms. The van der Waals surface area contributed by atoms with Crippen LogP contribution in [0.4, 0.5) is 0 Å². The second-order valence-electron chi connectivity index (χ2n) is 8.10. The van der Waals surface area contributed by atoms with Crippen molar-refractivity contribution < 1.29 is 19.1 Å². The lowest BCUT2D eigenvalue weighted by Crippen LogP contribution is -2.54. The van der Waals surface area contributed by atoms with Crippen LogP contribution in [0.15, 0.2) is 54.6 Å². The maximum absolute atomic E-state index is 12.9. The SMILES string of the molecule is COCCNC(=O)[C@@H](NC(=O)c1ccc(C)cc1)C1CCN(C(=O)c2ccccc2)CC1. The molecule has 0 saturated carbocycles. The molecule has 1 aliphatic heterocycles. The van der Waals surface area contributed by atoms with Gasteiger partial charge in [0.25, 0.3) is 11.8 Å². The third kappa shape index (κ3) is 6.17. The van der Waals surface area contributed by atoms with Crippen molar-refractivity contribution in [3.05, 3.63) is 71.3 Å². The van der Waals surface area contributed by atoms with Gasteiger partial charge in [-0.2, -0.15) is 0 Å². The molecule has 2 aromatic carbocycles. The molecule has 0 bridgehead atoms. The van der Waals surface area contributed by atoms with Crippen LogP contribution in [0.25, 0.3) is 0 Å². The zero-order valence-electron chi connectivity index (χ0n) is 18.7. The van der Waals surface area contributed by atoms with Gasteiger partial charge >= 0.3 is 0 Å². The average Bonchev–Trinajstić information content (AvgIpc) is 2.83. The first-order valence-corrected chi connectivity index (χ1v) is 11.0. The van der Waals surface area contributed by atoms with Gasteiger partial charge < -0.3 is 20.3 Å². The van der Waals surface area contributed by atoms with E-state index in [1.807, 2.05) is 54.3 Å². The number of aryl methyl sites for hydroxylation is 1. The number of carbonyl (C=O) groups is 3.